The fourth-order valence-electron chi connectivity index (χ4n) is 3.20. The lowest BCUT2D eigenvalue weighted by atomic mass is 10.0. The molecule has 0 bridgehead atoms. The fourth-order valence-corrected chi connectivity index (χ4v) is 3.36. The van der Waals surface area contributed by atoms with Gasteiger partial charge < -0.3 is 19.2 Å². The van der Waals surface area contributed by atoms with Gasteiger partial charge in [0, 0.05) is 33.8 Å². The van der Waals surface area contributed by atoms with Crippen molar-refractivity contribution >= 4 is 28.4 Å². The van der Waals surface area contributed by atoms with Crippen molar-refractivity contribution in [1.82, 2.24) is 9.97 Å². The molecular formula is C23H17ClF2N2O4. The molecule has 0 aliphatic rings. The van der Waals surface area contributed by atoms with E-state index in [2.05, 4.69) is 9.97 Å². The molecule has 32 heavy (non-hydrogen) atoms. The van der Waals surface area contributed by atoms with Gasteiger partial charge in [-0.1, -0.05) is 17.7 Å². The van der Waals surface area contributed by atoms with E-state index in [-0.39, 0.29) is 39.8 Å². The summed E-state index contributed by atoms with van der Waals surface area (Å²) in [6.07, 6.45) is 2.96. The van der Waals surface area contributed by atoms with Crippen LogP contribution in [0.4, 0.5) is 8.78 Å². The quantitative estimate of drug-likeness (QED) is 0.379. The molecule has 4 aromatic rings. The molecule has 0 fully saturated rings. The maximum Gasteiger partial charge on any atom is 0.198 e. The standard InChI is InChI=1S/C23H17ClF2N2O4/c1-30-14-6-15-17(10-28-23(15)27-9-14)22(29)16-7-20(31-2)21(8-19(16)26)32-11-12-3-4-13(24)5-18(12)25/h3-10H,11H2,1-2H3,(H,27,28). The minimum Gasteiger partial charge on any atom is -0.495 e. The summed E-state index contributed by atoms with van der Waals surface area (Å²) in [4.78, 5) is 20.2. The second-order valence-corrected chi connectivity index (χ2v) is 7.25. The van der Waals surface area contributed by atoms with Crippen molar-refractivity contribution in [2.75, 3.05) is 14.2 Å². The number of ether oxygens (including phenoxy) is 3. The number of fused-ring (bicyclic) bond motifs is 1. The van der Waals surface area contributed by atoms with Crippen LogP contribution in [0, 0.1) is 11.6 Å². The highest BCUT2D eigenvalue weighted by Crippen LogP contribution is 2.33. The number of rotatable bonds is 7. The molecule has 0 atom stereocenters. The van der Waals surface area contributed by atoms with Crippen molar-refractivity contribution in [3.8, 4) is 17.2 Å². The molecule has 4 rings (SSSR count). The summed E-state index contributed by atoms with van der Waals surface area (Å²) in [7, 11) is 2.84. The molecule has 0 spiro atoms. The number of hydrogen-bond acceptors (Lipinski definition) is 5. The Balaban J connectivity index is 1.65. The number of H-pyrrole nitrogens is 1. The third kappa shape index (κ3) is 4.09. The monoisotopic (exact) mass is 458 g/mol. The largest absolute Gasteiger partial charge is 0.495 e. The molecule has 2 heterocycles. The number of carbonyl (C=O) groups is 1. The molecule has 0 aliphatic heterocycles. The van der Waals surface area contributed by atoms with Crippen molar-refractivity contribution in [1.29, 1.82) is 0 Å². The zero-order valence-corrected chi connectivity index (χ0v) is 17.8. The SMILES string of the molecule is COc1cnc2[nH]cc(C(=O)c3cc(OC)c(OCc4ccc(Cl)cc4F)cc3F)c2c1. The maximum atomic E-state index is 14.9. The lowest BCUT2D eigenvalue weighted by Crippen LogP contribution is -2.07. The fraction of sp³-hybridized carbons (Fsp3) is 0.130. The van der Waals surface area contributed by atoms with Crippen LogP contribution in [0.25, 0.3) is 11.0 Å². The number of aromatic amines is 1. The molecule has 0 radical (unpaired) electrons. The molecule has 0 saturated carbocycles. The molecular weight excluding hydrogens is 442 g/mol. The van der Waals surface area contributed by atoms with Gasteiger partial charge in [-0.25, -0.2) is 13.8 Å². The van der Waals surface area contributed by atoms with Crippen molar-refractivity contribution in [2.24, 2.45) is 0 Å². The number of methoxy groups -OCH3 is 2. The Morgan fingerprint density at radius 1 is 1.03 bits per heavy atom. The topological polar surface area (TPSA) is 73.4 Å². The van der Waals surface area contributed by atoms with Crippen molar-refractivity contribution in [3.63, 3.8) is 0 Å². The number of ketones is 1. The highest BCUT2D eigenvalue weighted by Gasteiger charge is 2.22. The number of nitrogens with one attached hydrogen (secondary N) is 1. The summed E-state index contributed by atoms with van der Waals surface area (Å²) in [5.74, 6) is -1.32. The van der Waals surface area contributed by atoms with E-state index < -0.39 is 17.4 Å². The van der Waals surface area contributed by atoms with E-state index >= 15 is 0 Å². The van der Waals surface area contributed by atoms with Gasteiger partial charge in [-0.05, 0) is 24.3 Å². The summed E-state index contributed by atoms with van der Waals surface area (Å²) in [6.45, 7) is -0.181. The first-order valence-corrected chi connectivity index (χ1v) is 9.79. The van der Waals surface area contributed by atoms with Gasteiger partial charge in [0.05, 0.1) is 26.0 Å². The third-order valence-corrected chi connectivity index (χ3v) is 5.12. The van der Waals surface area contributed by atoms with Crippen LogP contribution < -0.4 is 14.2 Å². The Morgan fingerprint density at radius 3 is 2.56 bits per heavy atom. The minimum atomic E-state index is -0.812. The third-order valence-electron chi connectivity index (χ3n) is 4.88. The van der Waals surface area contributed by atoms with Crippen molar-refractivity contribution < 1.29 is 27.8 Å². The molecule has 164 valence electrons. The zero-order valence-electron chi connectivity index (χ0n) is 17.0. The number of pyridine rings is 1. The smallest absolute Gasteiger partial charge is 0.198 e. The van der Waals surface area contributed by atoms with E-state index in [1.807, 2.05) is 0 Å². The van der Waals surface area contributed by atoms with Crippen LogP contribution in [-0.4, -0.2) is 30.0 Å². The molecule has 2 aromatic carbocycles. The van der Waals surface area contributed by atoms with Gasteiger partial charge in [0.2, 0.25) is 0 Å². The van der Waals surface area contributed by atoms with E-state index in [0.717, 1.165) is 12.1 Å². The molecule has 0 amide bonds. The van der Waals surface area contributed by atoms with Crippen molar-refractivity contribution in [3.05, 3.63) is 82.1 Å². The summed E-state index contributed by atoms with van der Waals surface area (Å²) in [5, 5.41) is 0.745. The van der Waals surface area contributed by atoms with Gasteiger partial charge in [-0.2, -0.15) is 0 Å². The molecule has 6 nitrogen and oxygen atoms in total. The molecule has 0 saturated heterocycles. The number of halogens is 3. The highest BCUT2D eigenvalue weighted by molar-refractivity contribution is 6.30. The first kappa shape index (κ1) is 21.6. The average Bonchev–Trinajstić information content (AvgIpc) is 3.21. The van der Waals surface area contributed by atoms with Gasteiger partial charge in [0.15, 0.2) is 17.3 Å². The van der Waals surface area contributed by atoms with Crippen LogP contribution in [0.1, 0.15) is 21.5 Å². The normalized spacial score (nSPS) is 10.9. The Morgan fingerprint density at radius 2 is 1.84 bits per heavy atom. The molecule has 0 aliphatic carbocycles. The van der Waals surface area contributed by atoms with Crippen LogP contribution in [0.15, 0.2) is 48.8 Å². The Labute approximate surface area is 186 Å². The first-order chi connectivity index (χ1) is 15.4. The summed E-state index contributed by atoms with van der Waals surface area (Å²) in [5.41, 5.74) is 0.712. The second-order valence-electron chi connectivity index (χ2n) is 6.81. The highest BCUT2D eigenvalue weighted by atomic mass is 35.5. The predicted molar refractivity (Wildman–Crippen MR) is 115 cm³/mol. The van der Waals surface area contributed by atoms with Gasteiger partial charge in [0.25, 0.3) is 0 Å². The Bertz CT molecular complexity index is 1320. The van der Waals surface area contributed by atoms with E-state index in [4.69, 9.17) is 25.8 Å². The summed E-state index contributed by atoms with van der Waals surface area (Å²) >= 11 is 5.75. The van der Waals surface area contributed by atoms with E-state index in [0.29, 0.717) is 16.8 Å². The summed E-state index contributed by atoms with van der Waals surface area (Å²) < 4.78 is 44.9. The Kier molecular flexibility index (Phi) is 5.96. The number of carbonyl (C=O) groups excluding carboxylic acids is 1. The van der Waals surface area contributed by atoms with Gasteiger partial charge in [-0.15, -0.1) is 0 Å². The number of hydrogen-bond donors (Lipinski definition) is 1. The number of benzene rings is 2. The van der Waals surface area contributed by atoms with Crippen LogP contribution >= 0.6 is 11.6 Å². The van der Waals surface area contributed by atoms with Crippen LogP contribution in [0.5, 0.6) is 17.2 Å². The maximum absolute atomic E-state index is 14.9. The van der Waals surface area contributed by atoms with Gasteiger partial charge in [-0.3, -0.25) is 4.79 Å². The van der Waals surface area contributed by atoms with E-state index in [9.17, 15) is 13.6 Å². The van der Waals surface area contributed by atoms with Crippen LogP contribution in [0.2, 0.25) is 5.02 Å². The summed E-state index contributed by atoms with van der Waals surface area (Å²) in [6, 6.07) is 8.07. The lowest BCUT2D eigenvalue weighted by Gasteiger charge is -2.13. The molecule has 2 aromatic heterocycles. The Hall–Kier alpha value is -3.65. The van der Waals surface area contributed by atoms with E-state index in [1.54, 1.807) is 6.07 Å². The average molecular weight is 459 g/mol. The second kappa shape index (κ2) is 8.84. The molecule has 0 unspecified atom stereocenters. The number of aromatic nitrogens is 2. The van der Waals surface area contributed by atoms with Gasteiger partial charge >= 0.3 is 0 Å². The molecule has 1 N–H and O–H groups in total. The van der Waals surface area contributed by atoms with Crippen LogP contribution in [-0.2, 0) is 6.61 Å². The number of nitrogens with zero attached hydrogens (tertiary/aromatic N) is 1. The van der Waals surface area contributed by atoms with Crippen LogP contribution in [0.3, 0.4) is 0 Å². The predicted octanol–water partition coefficient (Wildman–Crippen LogP) is 5.32. The van der Waals surface area contributed by atoms with Gasteiger partial charge in [0.1, 0.15) is 29.6 Å². The first-order valence-electron chi connectivity index (χ1n) is 9.41. The van der Waals surface area contributed by atoms with Crippen molar-refractivity contribution in [2.45, 2.75) is 6.61 Å². The lowest BCUT2D eigenvalue weighted by molar-refractivity contribution is 0.103. The van der Waals surface area contributed by atoms with E-state index in [1.165, 1.54) is 44.8 Å². The zero-order chi connectivity index (χ0) is 22.8. The molecule has 9 heteroatoms. The minimum absolute atomic E-state index is 0.0261.